The molecular weight excluding hydrogens is 465 g/mol. The standard InChI is InChI=1S/C27H28FN3O3S/c1-17-6-10-25-22(13-17)27(29-24-9-5-18(2)14-26(24)34-25)30-11-12-31(20(4)16-30)35(32,33)21-8-7-19(3)23(28)15-21/h5-10,13-15,20H,11-12,16H2,1-4H3/t20-/m0/s1. The average Bonchev–Trinajstić information content (AvgIpc) is 2.96. The summed E-state index contributed by atoms with van der Waals surface area (Å²) in [6.45, 7) is 8.68. The number of hydrogen-bond acceptors (Lipinski definition) is 5. The molecule has 0 bridgehead atoms. The van der Waals surface area contributed by atoms with Crippen LogP contribution in [0.4, 0.5) is 10.1 Å². The fourth-order valence-corrected chi connectivity index (χ4v) is 6.22. The molecule has 0 aliphatic carbocycles. The van der Waals surface area contributed by atoms with Gasteiger partial charge in [-0.25, -0.2) is 17.8 Å². The van der Waals surface area contributed by atoms with Crippen LogP contribution in [0.2, 0.25) is 0 Å². The molecule has 6 nitrogen and oxygen atoms in total. The highest BCUT2D eigenvalue weighted by atomic mass is 32.2. The molecule has 2 heterocycles. The first kappa shape index (κ1) is 23.5. The second-order valence-corrected chi connectivity index (χ2v) is 11.2. The Labute approximate surface area is 205 Å². The van der Waals surface area contributed by atoms with Gasteiger partial charge in [0.15, 0.2) is 5.75 Å². The van der Waals surface area contributed by atoms with Gasteiger partial charge in [-0.3, -0.25) is 0 Å². The van der Waals surface area contributed by atoms with Crippen molar-refractivity contribution in [3.05, 3.63) is 82.7 Å². The molecule has 8 heteroatoms. The number of rotatable bonds is 2. The van der Waals surface area contributed by atoms with Gasteiger partial charge >= 0.3 is 0 Å². The number of fused-ring (bicyclic) bond motifs is 2. The summed E-state index contributed by atoms with van der Waals surface area (Å²) in [5.41, 5.74) is 4.19. The number of nitrogens with zero attached hydrogens (tertiary/aromatic N) is 3. The lowest BCUT2D eigenvalue weighted by molar-refractivity contribution is 0.205. The zero-order valence-corrected chi connectivity index (χ0v) is 21.1. The Morgan fingerprint density at radius 2 is 1.69 bits per heavy atom. The van der Waals surface area contributed by atoms with E-state index in [1.165, 1.54) is 16.4 Å². The molecule has 0 radical (unpaired) electrons. The maximum Gasteiger partial charge on any atom is 0.243 e. The van der Waals surface area contributed by atoms with Gasteiger partial charge in [0.05, 0.1) is 10.5 Å². The Morgan fingerprint density at radius 3 is 2.43 bits per heavy atom. The molecule has 3 aromatic carbocycles. The number of halogens is 1. The van der Waals surface area contributed by atoms with Gasteiger partial charge in [0.25, 0.3) is 0 Å². The van der Waals surface area contributed by atoms with Gasteiger partial charge < -0.3 is 9.64 Å². The molecule has 0 unspecified atom stereocenters. The first-order valence-corrected chi connectivity index (χ1v) is 13.1. The number of ether oxygens (including phenoxy) is 1. The number of benzene rings is 3. The third-order valence-electron chi connectivity index (χ3n) is 6.55. The largest absolute Gasteiger partial charge is 0.454 e. The molecule has 2 aliphatic heterocycles. The molecule has 1 fully saturated rings. The highest BCUT2D eigenvalue weighted by Crippen LogP contribution is 2.39. The van der Waals surface area contributed by atoms with E-state index >= 15 is 0 Å². The molecular formula is C27H28FN3O3S. The Kier molecular flexibility index (Phi) is 5.89. The number of aliphatic imine (C=N–C) groups is 1. The van der Waals surface area contributed by atoms with Gasteiger partial charge in [-0.1, -0.05) is 23.8 Å². The summed E-state index contributed by atoms with van der Waals surface area (Å²) in [7, 11) is -3.83. The van der Waals surface area contributed by atoms with E-state index in [9.17, 15) is 12.8 Å². The SMILES string of the molecule is Cc1ccc2c(c1)Oc1ccc(C)cc1C(N1CCN(S(=O)(=O)c3ccc(C)c(F)c3)[C@@H](C)C1)=N2. The smallest absolute Gasteiger partial charge is 0.243 e. The molecule has 0 N–H and O–H groups in total. The van der Waals surface area contributed by atoms with Crippen molar-refractivity contribution in [1.82, 2.24) is 9.21 Å². The minimum Gasteiger partial charge on any atom is -0.454 e. The summed E-state index contributed by atoms with van der Waals surface area (Å²) >= 11 is 0. The zero-order chi connectivity index (χ0) is 24.9. The van der Waals surface area contributed by atoms with Gasteiger partial charge in [-0.2, -0.15) is 4.31 Å². The summed E-state index contributed by atoms with van der Waals surface area (Å²) in [4.78, 5) is 7.08. The zero-order valence-electron chi connectivity index (χ0n) is 20.2. The minimum absolute atomic E-state index is 0.0219. The molecule has 1 saturated heterocycles. The second kappa shape index (κ2) is 8.77. The summed E-state index contributed by atoms with van der Waals surface area (Å²) in [6, 6.07) is 15.7. The highest BCUT2D eigenvalue weighted by molar-refractivity contribution is 7.89. The van der Waals surface area contributed by atoms with Crippen LogP contribution >= 0.6 is 0 Å². The molecule has 5 rings (SSSR count). The lowest BCUT2D eigenvalue weighted by Gasteiger charge is -2.40. The Morgan fingerprint density at radius 1 is 0.943 bits per heavy atom. The van der Waals surface area contributed by atoms with E-state index in [1.807, 2.05) is 51.1 Å². The average molecular weight is 494 g/mol. The molecule has 3 aromatic rings. The highest BCUT2D eigenvalue weighted by Gasteiger charge is 2.36. The molecule has 182 valence electrons. The van der Waals surface area contributed by atoms with E-state index < -0.39 is 15.8 Å². The van der Waals surface area contributed by atoms with E-state index in [1.54, 1.807) is 6.92 Å². The number of piperazine rings is 1. The lowest BCUT2D eigenvalue weighted by atomic mass is 10.1. The maximum atomic E-state index is 14.1. The van der Waals surface area contributed by atoms with Crippen molar-refractivity contribution in [2.45, 2.75) is 38.6 Å². The molecule has 0 saturated carbocycles. The van der Waals surface area contributed by atoms with E-state index in [0.29, 0.717) is 24.4 Å². The number of aryl methyl sites for hydroxylation is 3. The third-order valence-corrected chi connectivity index (χ3v) is 8.56. The summed E-state index contributed by atoms with van der Waals surface area (Å²) in [5, 5.41) is 0. The van der Waals surface area contributed by atoms with Crippen LogP contribution in [0, 0.1) is 26.6 Å². The third kappa shape index (κ3) is 4.32. The van der Waals surface area contributed by atoms with E-state index in [-0.39, 0.29) is 17.5 Å². The van der Waals surface area contributed by atoms with Gasteiger partial charge in [0.1, 0.15) is 23.1 Å². The van der Waals surface area contributed by atoms with Crippen LogP contribution in [0.5, 0.6) is 11.5 Å². The quantitative estimate of drug-likeness (QED) is 0.484. The molecule has 0 aromatic heterocycles. The van der Waals surface area contributed by atoms with Gasteiger partial charge in [0, 0.05) is 25.7 Å². The fourth-order valence-electron chi connectivity index (χ4n) is 4.60. The number of hydrogen-bond donors (Lipinski definition) is 0. The topological polar surface area (TPSA) is 62.2 Å². The van der Waals surface area contributed by atoms with Crippen LogP contribution in [0.15, 0.2) is 64.5 Å². The number of sulfonamides is 1. The molecule has 0 amide bonds. The van der Waals surface area contributed by atoms with Gasteiger partial charge in [-0.05, 0) is 75.2 Å². The van der Waals surface area contributed by atoms with Gasteiger partial charge in [-0.15, -0.1) is 0 Å². The van der Waals surface area contributed by atoms with E-state index in [4.69, 9.17) is 9.73 Å². The normalized spacial score (nSPS) is 18.3. The van der Waals surface area contributed by atoms with Crippen LogP contribution in [-0.2, 0) is 10.0 Å². The minimum atomic E-state index is -3.83. The Hall–Kier alpha value is -3.23. The first-order chi connectivity index (χ1) is 16.6. The summed E-state index contributed by atoms with van der Waals surface area (Å²) < 4.78 is 48.5. The van der Waals surface area contributed by atoms with E-state index in [2.05, 4.69) is 11.0 Å². The van der Waals surface area contributed by atoms with Crippen molar-refractivity contribution >= 4 is 21.5 Å². The number of amidine groups is 1. The van der Waals surface area contributed by atoms with Crippen molar-refractivity contribution in [2.75, 3.05) is 19.6 Å². The predicted octanol–water partition coefficient (Wildman–Crippen LogP) is 5.33. The first-order valence-electron chi connectivity index (χ1n) is 11.6. The van der Waals surface area contributed by atoms with Crippen LogP contribution < -0.4 is 4.74 Å². The maximum absolute atomic E-state index is 14.1. The van der Waals surface area contributed by atoms with Crippen molar-refractivity contribution < 1.29 is 17.5 Å². The van der Waals surface area contributed by atoms with Crippen LogP contribution in [0.1, 0.15) is 29.2 Å². The second-order valence-electron chi connectivity index (χ2n) is 9.33. The summed E-state index contributed by atoms with van der Waals surface area (Å²) in [5.74, 6) is 1.65. The lowest BCUT2D eigenvalue weighted by Crippen LogP contribution is -2.55. The van der Waals surface area contributed by atoms with Gasteiger partial charge in [0.2, 0.25) is 10.0 Å². The fraction of sp³-hybridized carbons (Fsp3) is 0.296. The Bertz CT molecular complexity index is 1450. The molecule has 1 atom stereocenters. The van der Waals surface area contributed by atoms with Crippen molar-refractivity contribution in [1.29, 1.82) is 0 Å². The Balaban J connectivity index is 1.49. The van der Waals surface area contributed by atoms with Crippen LogP contribution in [0.25, 0.3) is 0 Å². The predicted molar refractivity (Wildman–Crippen MR) is 135 cm³/mol. The van der Waals surface area contributed by atoms with Crippen molar-refractivity contribution in [3.63, 3.8) is 0 Å². The van der Waals surface area contributed by atoms with Crippen LogP contribution in [0.3, 0.4) is 0 Å². The van der Waals surface area contributed by atoms with Crippen molar-refractivity contribution in [3.8, 4) is 11.5 Å². The van der Waals surface area contributed by atoms with Crippen LogP contribution in [-0.4, -0.2) is 49.1 Å². The van der Waals surface area contributed by atoms with Crippen molar-refractivity contribution in [2.24, 2.45) is 4.99 Å². The monoisotopic (exact) mass is 493 g/mol. The summed E-state index contributed by atoms with van der Waals surface area (Å²) in [6.07, 6.45) is 0. The molecule has 0 spiro atoms. The molecule has 2 aliphatic rings. The molecule has 35 heavy (non-hydrogen) atoms. The van der Waals surface area contributed by atoms with E-state index in [0.717, 1.165) is 40.0 Å².